The molecule has 0 aliphatic heterocycles. The number of rotatable bonds is 7. The van der Waals surface area contributed by atoms with Gasteiger partial charge in [-0.05, 0) is 48.7 Å². The number of benzene rings is 2. The summed E-state index contributed by atoms with van der Waals surface area (Å²) >= 11 is 0. The van der Waals surface area contributed by atoms with E-state index in [0.717, 1.165) is 28.7 Å². The average molecular weight is 436 g/mol. The molecule has 0 aliphatic carbocycles. The number of esters is 1. The van der Waals surface area contributed by atoms with E-state index in [2.05, 4.69) is 5.32 Å². The van der Waals surface area contributed by atoms with Crippen LogP contribution in [0.15, 0.2) is 59.5 Å². The summed E-state index contributed by atoms with van der Waals surface area (Å²) in [5.41, 5.74) is 1.92. The van der Waals surface area contributed by atoms with E-state index in [1.54, 1.807) is 4.57 Å². The van der Waals surface area contributed by atoms with Gasteiger partial charge < -0.3 is 14.6 Å². The van der Waals surface area contributed by atoms with E-state index in [9.17, 15) is 26.8 Å². The molecule has 0 spiro atoms. The van der Waals surface area contributed by atoms with Gasteiger partial charge in [0.2, 0.25) is 9.84 Å². The van der Waals surface area contributed by atoms with Crippen molar-refractivity contribution in [2.75, 3.05) is 11.9 Å². The van der Waals surface area contributed by atoms with Gasteiger partial charge in [-0.3, -0.25) is 9.59 Å². The van der Waals surface area contributed by atoms with Crippen LogP contribution >= 0.6 is 0 Å². The molecule has 0 atom stereocenters. The first-order chi connectivity index (χ1) is 14.2. The highest BCUT2D eigenvalue weighted by Crippen LogP contribution is 2.21. The molecule has 0 fully saturated rings. The number of hydrogen-bond donors (Lipinski definition) is 1. The third-order valence-electron chi connectivity index (χ3n) is 4.37. The van der Waals surface area contributed by atoms with Gasteiger partial charge in [-0.15, -0.1) is 0 Å². The Bertz CT molecular complexity index is 1190. The molecule has 1 heterocycles. The average Bonchev–Trinajstić information content (AvgIpc) is 3.02. The molecule has 0 saturated heterocycles. The third-order valence-corrected chi connectivity index (χ3v) is 5.77. The first-order valence-corrected chi connectivity index (χ1v) is 10.4. The SMILES string of the molecule is Cc1cc2ccccc2n1CC(=O)OCC(=O)Nc1ccc(S(=O)(=O)C(F)F)cc1. The van der Waals surface area contributed by atoms with E-state index in [-0.39, 0.29) is 12.2 Å². The fourth-order valence-corrected chi connectivity index (χ4v) is 3.63. The maximum atomic E-state index is 12.5. The van der Waals surface area contributed by atoms with Crippen LogP contribution in [0.1, 0.15) is 5.69 Å². The van der Waals surface area contributed by atoms with Crippen LogP contribution < -0.4 is 5.32 Å². The van der Waals surface area contributed by atoms with Gasteiger partial charge in [-0.1, -0.05) is 18.2 Å². The van der Waals surface area contributed by atoms with Gasteiger partial charge in [-0.25, -0.2) is 8.42 Å². The smallest absolute Gasteiger partial charge is 0.341 e. The molecule has 1 N–H and O–H groups in total. The number of carbonyl (C=O) groups is 2. The van der Waals surface area contributed by atoms with Crippen LogP contribution in [0.3, 0.4) is 0 Å². The zero-order valence-electron chi connectivity index (χ0n) is 15.8. The molecule has 1 amide bonds. The summed E-state index contributed by atoms with van der Waals surface area (Å²) in [6.45, 7) is 1.25. The molecule has 2 aromatic carbocycles. The molecule has 7 nitrogen and oxygen atoms in total. The van der Waals surface area contributed by atoms with Crippen LogP contribution in [0.4, 0.5) is 14.5 Å². The van der Waals surface area contributed by atoms with Crippen molar-refractivity contribution in [1.82, 2.24) is 4.57 Å². The second-order valence-electron chi connectivity index (χ2n) is 6.47. The Hall–Kier alpha value is -3.27. The van der Waals surface area contributed by atoms with Crippen molar-refractivity contribution in [3.8, 4) is 0 Å². The highest BCUT2D eigenvalue weighted by molar-refractivity contribution is 7.91. The number of nitrogens with one attached hydrogen (secondary N) is 1. The molecule has 0 radical (unpaired) electrons. The van der Waals surface area contributed by atoms with E-state index in [1.807, 2.05) is 37.3 Å². The van der Waals surface area contributed by atoms with E-state index < -0.39 is 39.0 Å². The molecule has 30 heavy (non-hydrogen) atoms. The second-order valence-corrected chi connectivity index (χ2v) is 8.39. The Labute approximate surface area is 171 Å². The first kappa shape index (κ1) is 21.4. The number of amides is 1. The summed E-state index contributed by atoms with van der Waals surface area (Å²) in [7, 11) is -4.71. The fourth-order valence-electron chi connectivity index (χ4n) is 2.91. The molecule has 3 aromatic rings. The molecular formula is C20H18F2N2O5S. The molecule has 158 valence electrons. The van der Waals surface area contributed by atoms with Crippen molar-refractivity contribution in [3.63, 3.8) is 0 Å². The molecule has 0 bridgehead atoms. The largest absolute Gasteiger partial charge is 0.454 e. The number of sulfone groups is 1. The minimum absolute atomic E-state index is 0.0627. The fraction of sp³-hybridized carbons (Fsp3) is 0.200. The number of ether oxygens (including phenoxy) is 1. The summed E-state index contributed by atoms with van der Waals surface area (Å²) in [6, 6.07) is 13.8. The number of para-hydroxylation sites is 1. The van der Waals surface area contributed by atoms with Gasteiger partial charge in [0, 0.05) is 16.9 Å². The number of nitrogens with zero attached hydrogens (tertiary/aromatic N) is 1. The third kappa shape index (κ3) is 4.65. The van der Waals surface area contributed by atoms with E-state index in [1.165, 1.54) is 12.1 Å². The standard InChI is InChI=1S/C20H18F2N2O5S/c1-13-10-14-4-2-3-5-17(14)24(13)11-19(26)29-12-18(25)23-15-6-8-16(9-7-15)30(27,28)20(21)22/h2-10,20H,11-12H2,1H3,(H,23,25). The van der Waals surface area contributed by atoms with E-state index in [0.29, 0.717) is 0 Å². The molecular weight excluding hydrogens is 418 g/mol. The van der Waals surface area contributed by atoms with Crippen LogP contribution in [0.5, 0.6) is 0 Å². The highest BCUT2D eigenvalue weighted by atomic mass is 32.2. The predicted molar refractivity (Wildman–Crippen MR) is 106 cm³/mol. The molecule has 1 aromatic heterocycles. The number of hydrogen-bond acceptors (Lipinski definition) is 5. The normalized spacial score (nSPS) is 11.6. The lowest BCUT2D eigenvalue weighted by atomic mass is 10.2. The zero-order chi connectivity index (χ0) is 21.9. The Balaban J connectivity index is 1.55. The minimum atomic E-state index is -4.71. The van der Waals surface area contributed by atoms with E-state index >= 15 is 0 Å². The number of aromatic nitrogens is 1. The second kappa shape index (κ2) is 8.62. The highest BCUT2D eigenvalue weighted by Gasteiger charge is 2.26. The van der Waals surface area contributed by atoms with Crippen molar-refractivity contribution in [1.29, 1.82) is 0 Å². The van der Waals surface area contributed by atoms with Gasteiger partial charge in [0.1, 0.15) is 6.54 Å². The lowest BCUT2D eigenvalue weighted by Gasteiger charge is -2.10. The zero-order valence-corrected chi connectivity index (χ0v) is 16.7. The Morgan fingerprint density at radius 2 is 1.77 bits per heavy atom. The number of fused-ring (bicyclic) bond motifs is 1. The van der Waals surface area contributed by atoms with Crippen LogP contribution in [0, 0.1) is 6.92 Å². The van der Waals surface area contributed by atoms with Crippen LogP contribution in [-0.4, -0.2) is 37.2 Å². The summed E-state index contributed by atoms with van der Waals surface area (Å²) in [6.07, 6.45) is 0. The van der Waals surface area contributed by atoms with Crippen molar-refractivity contribution in [2.45, 2.75) is 24.1 Å². The Kier molecular flexibility index (Phi) is 6.16. The van der Waals surface area contributed by atoms with Crippen molar-refractivity contribution in [2.24, 2.45) is 0 Å². The summed E-state index contributed by atoms with van der Waals surface area (Å²) < 4.78 is 54.6. The maximum Gasteiger partial charge on any atom is 0.341 e. The molecule has 10 heteroatoms. The van der Waals surface area contributed by atoms with Gasteiger partial charge in [0.05, 0.1) is 4.90 Å². The first-order valence-electron chi connectivity index (χ1n) is 8.81. The van der Waals surface area contributed by atoms with Crippen LogP contribution in [-0.2, 0) is 30.7 Å². The summed E-state index contributed by atoms with van der Waals surface area (Å²) in [5.74, 6) is -4.78. The summed E-state index contributed by atoms with van der Waals surface area (Å²) in [5, 5.41) is 3.38. The van der Waals surface area contributed by atoms with Crippen molar-refractivity contribution >= 4 is 38.3 Å². The summed E-state index contributed by atoms with van der Waals surface area (Å²) in [4.78, 5) is 23.5. The van der Waals surface area contributed by atoms with Gasteiger partial charge in [0.15, 0.2) is 6.61 Å². The molecule has 3 rings (SSSR count). The number of halogens is 2. The van der Waals surface area contributed by atoms with Crippen LogP contribution in [0.25, 0.3) is 10.9 Å². The lowest BCUT2D eigenvalue weighted by molar-refractivity contribution is -0.147. The molecule has 0 unspecified atom stereocenters. The van der Waals surface area contributed by atoms with Crippen LogP contribution in [0.2, 0.25) is 0 Å². The topological polar surface area (TPSA) is 94.5 Å². The monoisotopic (exact) mass is 436 g/mol. The number of carbonyl (C=O) groups excluding carboxylic acids is 2. The van der Waals surface area contributed by atoms with Gasteiger partial charge in [0.25, 0.3) is 5.91 Å². The quantitative estimate of drug-likeness (QED) is 0.575. The van der Waals surface area contributed by atoms with Crippen molar-refractivity contribution in [3.05, 3.63) is 60.3 Å². The molecule has 0 saturated carbocycles. The Morgan fingerprint density at radius 1 is 1.10 bits per heavy atom. The Morgan fingerprint density at radius 3 is 2.43 bits per heavy atom. The number of anilines is 1. The number of aryl methyl sites for hydroxylation is 1. The minimum Gasteiger partial charge on any atom is -0.454 e. The van der Waals surface area contributed by atoms with E-state index in [4.69, 9.17) is 4.74 Å². The maximum absolute atomic E-state index is 12.5. The lowest BCUT2D eigenvalue weighted by Crippen LogP contribution is -2.23. The predicted octanol–water partition coefficient (Wildman–Crippen LogP) is 3.13. The van der Waals surface area contributed by atoms with Crippen molar-refractivity contribution < 1.29 is 31.5 Å². The van der Waals surface area contributed by atoms with Gasteiger partial charge >= 0.3 is 11.7 Å². The molecule has 0 aliphatic rings. The van der Waals surface area contributed by atoms with Gasteiger partial charge in [-0.2, -0.15) is 8.78 Å². The number of alkyl halides is 2.